The molecule has 1 aromatic rings. The molecule has 1 aromatic heterocycles. The number of likely N-dealkylation sites (N-methyl/N-ethyl adjacent to an activating group) is 1. The second kappa shape index (κ2) is 8.04. The molecule has 3 rings (SSSR count). The molecule has 1 amide bonds. The van der Waals surface area contributed by atoms with E-state index in [0.717, 1.165) is 39.3 Å². The summed E-state index contributed by atoms with van der Waals surface area (Å²) in [5.74, 6) is 0.602. The summed E-state index contributed by atoms with van der Waals surface area (Å²) in [6.45, 7) is 7.18. The summed E-state index contributed by atoms with van der Waals surface area (Å²) in [5, 5.41) is 17.2. The Kier molecular flexibility index (Phi) is 5.80. The molecule has 0 aliphatic carbocycles. The predicted octanol–water partition coefficient (Wildman–Crippen LogP) is -1.02. The van der Waals surface area contributed by atoms with E-state index in [4.69, 9.17) is 0 Å². The van der Waals surface area contributed by atoms with E-state index in [2.05, 4.69) is 27.0 Å². The number of likely N-dealkylation sites (tertiary alicyclic amines) is 1. The zero-order valence-electron chi connectivity index (χ0n) is 14.4. The van der Waals surface area contributed by atoms with Crippen LogP contribution in [0.1, 0.15) is 6.42 Å². The van der Waals surface area contributed by atoms with E-state index in [1.54, 1.807) is 17.2 Å². The highest BCUT2D eigenvalue weighted by atomic mass is 16.3. The number of aliphatic hydroxyl groups is 1. The molecule has 3 heterocycles. The first-order valence-electron chi connectivity index (χ1n) is 8.77. The van der Waals surface area contributed by atoms with Crippen LogP contribution in [0.4, 0.5) is 0 Å². The first-order valence-corrected chi connectivity index (χ1v) is 8.77. The van der Waals surface area contributed by atoms with Gasteiger partial charge in [0, 0.05) is 45.2 Å². The fourth-order valence-electron chi connectivity index (χ4n) is 3.73. The van der Waals surface area contributed by atoms with Crippen LogP contribution < -0.4 is 0 Å². The minimum absolute atomic E-state index is 0.0753. The summed E-state index contributed by atoms with van der Waals surface area (Å²) in [7, 11) is 2.17. The van der Waals surface area contributed by atoms with Gasteiger partial charge in [-0.15, -0.1) is 10.2 Å². The monoisotopic (exact) mass is 336 g/mol. The molecule has 1 N–H and O–H groups in total. The van der Waals surface area contributed by atoms with Crippen molar-refractivity contribution in [3.05, 3.63) is 12.7 Å². The van der Waals surface area contributed by atoms with Gasteiger partial charge in [-0.05, 0) is 32.5 Å². The summed E-state index contributed by atoms with van der Waals surface area (Å²) < 4.78 is 1.69. The number of nitrogens with zero attached hydrogens (tertiary/aromatic N) is 6. The van der Waals surface area contributed by atoms with Gasteiger partial charge >= 0.3 is 0 Å². The van der Waals surface area contributed by atoms with Gasteiger partial charge in [-0.1, -0.05) is 0 Å². The SMILES string of the molecule is CN1CCCN(C[C@@H]2CN(C(=O)Cn3cnnc3)C[C@@H]2CO)CC1. The van der Waals surface area contributed by atoms with Gasteiger partial charge in [-0.25, -0.2) is 0 Å². The van der Waals surface area contributed by atoms with Crippen LogP contribution in [0.25, 0.3) is 0 Å². The standard InChI is InChI=1S/C16H28N6O2/c1-19-3-2-4-20(6-5-19)7-14-8-22(9-15(14)11-23)16(24)10-21-12-17-18-13-21/h12-15,23H,2-11H2,1H3/t14-,15-/m1/s1. The van der Waals surface area contributed by atoms with Crippen LogP contribution in [0.15, 0.2) is 12.7 Å². The molecular formula is C16H28N6O2. The third kappa shape index (κ3) is 4.31. The molecule has 0 saturated carbocycles. The molecule has 2 atom stereocenters. The zero-order valence-corrected chi connectivity index (χ0v) is 14.4. The van der Waals surface area contributed by atoms with Crippen molar-refractivity contribution in [2.45, 2.75) is 13.0 Å². The number of aromatic nitrogens is 3. The number of rotatable bonds is 5. The molecule has 2 aliphatic heterocycles. The minimum Gasteiger partial charge on any atom is -0.396 e. The lowest BCUT2D eigenvalue weighted by atomic mass is 9.96. The first kappa shape index (κ1) is 17.3. The lowest BCUT2D eigenvalue weighted by molar-refractivity contribution is -0.131. The van der Waals surface area contributed by atoms with Gasteiger partial charge in [-0.2, -0.15) is 0 Å². The second-order valence-electron chi connectivity index (χ2n) is 7.09. The van der Waals surface area contributed by atoms with Gasteiger partial charge in [0.15, 0.2) is 0 Å². The molecule has 0 spiro atoms. The van der Waals surface area contributed by atoms with Crippen molar-refractivity contribution in [2.75, 3.05) is 59.5 Å². The maximum atomic E-state index is 12.5. The predicted molar refractivity (Wildman–Crippen MR) is 89.2 cm³/mol. The van der Waals surface area contributed by atoms with Crippen LogP contribution in [0.2, 0.25) is 0 Å². The summed E-state index contributed by atoms with van der Waals surface area (Å²) in [6.07, 6.45) is 4.30. The fraction of sp³-hybridized carbons (Fsp3) is 0.812. The van der Waals surface area contributed by atoms with Crippen LogP contribution in [0.5, 0.6) is 0 Å². The molecule has 0 unspecified atom stereocenters. The Bertz CT molecular complexity index is 523. The number of carbonyl (C=O) groups excluding carboxylic acids is 1. The first-order chi connectivity index (χ1) is 11.7. The number of amides is 1. The third-order valence-electron chi connectivity index (χ3n) is 5.25. The highest BCUT2D eigenvalue weighted by Crippen LogP contribution is 2.25. The third-order valence-corrected chi connectivity index (χ3v) is 5.25. The van der Waals surface area contributed by atoms with Gasteiger partial charge in [0.25, 0.3) is 0 Å². The van der Waals surface area contributed by atoms with Gasteiger partial charge in [0.1, 0.15) is 19.2 Å². The number of aliphatic hydroxyl groups excluding tert-OH is 1. The molecular weight excluding hydrogens is 308 g/mol. The number of hydrogen-bond acceptors (Lipinski definition) is 6. The minimum atomic E-state index is 0.0753. The Labute approximate surface area is 143 Å². The lowest BCUT2D eigenvalue weighted by Gasteiger charge is -2.26. The van der Waals surface area contributed by atoms with E-state index < -0.39 is 0 Å². The van der Waals surface area contributed by atoms with E-state index in [-0.39, 0.29) is 25.0 Å². The average Bonchev–Trinajstić information content (AvgIpc) is 3.17. The Balaban J connectivity index is 1.54. The van der Waals surface area contributed by atoms with Crippen LogP contribution in [0.3, 0.4) is 0 Å². The number of carbonyl (C=O) groups is 1. The van der Waals surface area contributed by atoms with Gasteiger partial charge in [-0.3, -0.25) is 4.79 Å². The van der Waals surface area contributed by atoms with Crippen molar-refractivity contribution < 1.29 is 9.90 Å². The van der Waals surface area contributed by atoms with Crippen molar-refractivity contribution in [3.8, 4) is 0 Å². The Morgan fingerprint density at radius 3 is 2.62 bits per heavy atom. The van der Waals surface area contributed by atoms with E-state index in [1.807, 2.05) is 4.90 Å². The smallest absolute Gasteiger partial charge is 0.242 e. The van der Waals surface area contributed by atoms with Crippen molar-refractivity contribution in [1.82, 2.24) is 29.5 Å². The van der Waals surface area contributed by atoms with Crippen LogP contribution in [-0.2, 0) is 11.3 Å². The van der Waals surface area contributed by atoms with Crippen LogP contribution >= 0.6 is 0 Å². The molecule has 0 aromatic carbocycles. The van der Waals surface area contributed by atoms with E-state index in [1.165, 1.54) is 6.42 Å². The van der Waals surface area contributed by atoms with Gasteiger partial charge in [0.05, 0.1) is 0 Å². The maximum Gasteiger partial charge on any atom is 0.242 e. The molecule has 8 nitrogen and oxygen atoms in total. The summed E-state index contributed by atoms with van der Waals surface area (Å²) >= 11 is 0. The molecule has 134 valence electrons. The summed E-state index contributed by atoms with van der Waals surface area (Å²) in [6, 6.07) is 0. The van der Waals surface area contributed by atoms with E-state index in [0.29, 0.717) is 12.5 Å². The van der Waals surface area contributed by atoms with Crippen LogP contribution in [0, 0.1) is 11.8 Å². The molecule has 0 bridgehead atoms. The molecule has 24 heavy (non-hydrogen) atoms. The van der Waals surface area contributed by atoms with E-state index >= 15 is 0 Å². The Morgan fingerprint density at radius 1 is 1.12 bits per heavy atom. The Morgan fingerprint density at radius 2 is 1.88 bits per heavy atom. The summed E-state index contributed by atoms with van der Waals surface area (Å²) in [5.41, 5.74) is 0. The van der Waals surface area contributed by atoms with Gasteiger partial charge in [0.2, 0.25) is 5.91 Å². The normalized spacial score (nSPS) is 26.7. The molecule has 8 heteroatoms. The van der Waals surface area contributed by atoms with Crippen molar-refractivity contribution >= 4 is 5.91 Å². The molecule has 2 saturated heterocycles. The second-order valence-corrected chi connectivity index (χ2v) is 7.09. The molecule has 0 radical (unpaired) electrons. The molecule has 2 fully saturated rings. The topological polar surface area (TPSA) is 77.7 Å². The maximum absolute atomic E-state index is 12.5. The molecule has 2 aliphatic rings. The summed E-state index contributed by atoms with van der Waals surface area (Å²) in [4.78, 5) is 19.2. The average molecular weight is 336 g/mol. The quantitative estimate of drug-likeness (QED) is 0.742. The highest BCUT2D eigenvalue weighted by molar-refractivity contribution is 5.76. The Hall–Kier alpha value is -1.51. The number of hydrogen-bond donors (Lipinski definition) is 1. The fourth-order valence-corrected chi connectivity index (χ4v) is 3.73. The zero-order chi connectivity index (χ0) is 16.9. The van der Waals surface area contributed by atoms with Crippen LogP contribution in [-0.4, -0.2) is 99.9 Å². The highest BCUT2D eigenvalue weighted by Gasteiger charge is 2.35. The van der Waals surface area contributed by atoms with Gasteiger partial charge < -0.3 is 24.4 Å². The largest absolute Gasteiger partial charge is 0.396 e. The van der Waals surface area contributed by atoms with E-state index in [9.17, 15) is 9.90 Å². The lowest BCUT2D eigenvalue weighted by Crippen LogP contribution is -2.37. The van der Waals surface area contributed by atoms with Crippen molar-refractivity contribution in [2.24, 2.45) is 11.8 Å². The van der Waals surface area contributed by atoms with Crippen molar-refractivity contribution in [3.63, 3.8) is 0 Å². The van der Waals surface area contributed by atoms with Crippen molar-refractivity contribution in [1.29, 1.82) is 0 Å².